The number of aromatic nitrogens is 2. The molecule has 0 spiro atoms. The summed E-state index contributed by atoms with van der Waals surface area (Å²) in [5.41, 5.74) is 14.3. The van der Waals surface area contributed by atoms with Crippen LogP contribution in [-0.4, -0.2) is 249 Å². The normalized spacial score (nSPS) is 25.8. The van der Waals surface area contributed by atoms with Crippen LogP contribution in [0.5, 0.6) is 11.5 Å². The maximum absolute atomic E-state index is 14.7. The van der Waals surface area contributed by atoms with Crippen LogP contribution in [0.25, 0.3) is 21.1 Å². The van der Waals surface area contributed by atoms with Gasteiger partial charge in [0, 0.05) is 101 Å². The zero-order valence-corrected chi connectivity index (χ0v) is 53.2. The summed E-state index contributed by atoms with van der Waals surface area (Å²) in [5, 5.41) is 102. The van der Waals surface area contributed by atoms with Crippen LogP contribution >= 0.6 is 11.3 Å². The fraction of sp³-hybridized carbons (Fsp3) is 0.571. The number of unbranched alkanes of at least 4 members (excludes halogenated alkanes) is 1. The molecule has 13 atom stereocenters. The van der Waals surface area contributed by atoms with Crippen molar-refractivity contribution in [2.75, 3.05) is 77.6 Å². The van der Waals surface area contributed by atoms with Gasteiger partial charge in [-0.25, -0.2) is 0 Å². The number of phenols is 1. The second-order valence-electron chi connectivity index (χ2n) is 24.2. The Balaban J connectivity index is 1.03. The summed E-state index contributed by atoms with van der Waals surface area (Å²) in [5.74, 6) is -8.58. The molecule has 29 nitrogen and oxygen atoms in total. The lowest BCUT2D eigenvalue weighted by Crippen LogP contribution is -2.64. The average molecular weight is 1320 g/mol. The predicted octanol–water partition coefficient (Wildman–Crippen LogP) is -1.99. The Morgan fingerprint density at radius 1 is 0.731 bits per heavy atom. The summed E-state index contributed by atoms with van der Waals surface area (Å²) in [7, 11) is 1.70. The lowest BCUT2D eigenvalue weighted by molar-refractivity contribution is -0.147. The number of nitrogens with one attached hydrogen (secondary N) is 5. The molecule has 1 unspecified atom stereocenters. The smallest absolute Gasteiger partial charge is 0.251 e. The number of rotatable bonds is 22. The molecule has 4 aromatic rings. The number of β-amino-alcohol motifs (C(OH)–C–C–N with tert-alkyl or cyclic N) is 1. The van der Waals surface area contributed by atoms with E-state index in [4.69, 9.17) is 25.7 Å². The summed E-state index contributed by atoms with van der Waals surface area (Å²) >= 11 is 1.33. The van der Waals surface area contributed by atoms with Gasteiger partial charge < -0.3 is 103 Å². The van der Waals surface area contributed by atoms with Crippen molar-refractivity contribution in [2.45, 2.75) is 151 Å². The monoisotopic (exact) mass is 1320 g/mol. The number of hydrogen-bond acceptors (Lipinski definition) is 23. The van der Waals surface area contributed by atoms with E-state index in [9.17, 15) is 69.3 Å². The number of nitrogens with zero attached hydrogens (tertiary/aromatic N) is 5. The zero-order valence-electron chi connectivity index (χ0n) is 52.4. The number of carbonyl (C=O) groups is 7. The standard InChI is InChI=1S/C63H88N12O17S/c1-34-32-75-53(54(34)82)59(87)66-31-41(77)29-44(67-55(83)37-8-10-38(11-9-37)60-71-72-61(93-60)39-12-14-40(15-13-39)73-22-18-43(19-23-73)91-25-5-4-24-90-3)56(84)68-50(35(2)76)62(88)74-33-42(78)30-45(74)57(85)69-51(58(86)70-52(63(75)89)47(80)17-21-65)48(81)27-36-7-16-46(79)49(28-36)92-26-6-20-64/h7-16,28,34-35,41-45,47-48,50-54,76-82H,4-6,17-27,29-33,64-65H2,1-3H3,(H,66,87)(H,67,83)(H,68,84)(H,69,85)(H,70,86)/t34-,35+,41+,42+,44?,45-,47+,48+,50-,51-,52-,53-,54-/m0/s1. The Hall–Kier alpha value is -7.49. The zero-order chi connectivity index (χ0) is 67.0. The molecule has 30 heteroatoms. The molecule has 1 aromatic heterocycles. The molecule has 4 saturated heterocycles. The lowest BCUT2D eigenvalue weighted by Gasteiger charge is -2.34. The summed E-state index contributed by atoms with van der Waals surface area (Å²) in [6, 6.07) is 7.40. The summed E-state index contributed by atoms with van der Waals surface area (Å²) in [6.07, 6.45) is -7.39. The van der Waals surface area contributed by atoms with E-state index < -0.39 is 152 Å². The molecule has 16 N–H and O–H groups in total. The van der Waals surface area contributed by atoms with E-state index in [0.29, 0.717) is 22.0 Å². The summed E-state index contributed by atoms with van der Waals surface area (Å²) in [4.78, 5) is 106. The minimum Gasteiger partial charge on any atom is -0.504 e. The number of ether oxygens (including phenoxy) is 3. The molecule has 7 amide bonds. The first-order chi connectivity index (χ1) is 44.6. The minimum absolute atomic E-state index is 0.00375. The number of benzene rings is 3. The van der Waals surface area contributed by atoms with E-state index in [2.05, 4.69) is 53.8 Å². The fourth-order valence-electron chi connectivity index (χ4n) is 11.8. The molecule has 93 heavy (non-hydrogen) atoms. The van der Waals surface area contributed by atoms with Crippen molar-refractivity contribution in [3.63, 3.8) is 0 Å². The molecular weight excluding hydrogens is 1230 g/mol. The van der Waals surface area contributed by atoms with Crippen LogP contribution in [0.4, 0.5) is 5.69 Å². The van der Waals surface area contributed by atoms with Gasteiger partial charge >= 0.3 is 0 Å². The SMILES string of the molecule is COCCCCOC1CCN(c2ccc(-c3nnc(-c4ccc(C(=O)NC5C[C@@H](O)CNC(=O)[C@@H]6[C@@H](O)[C@@H](C)CN6C(=O)[C@H]([C@H](O)CCN)NC(=O)[C@H]([C@H](O)Cc6ccc(O)c(OCCCN)c6)NC(=O)[C@@H]6C[C@@H](O)CN6C(=O)[C@H]([C@@H](C)O)NC5=O)cc4)s3)cc2)CC1. The quantitative estimate of drug-likeness (QED) is 0.0379. The molecule has 4 aliphatic heterocycles. The van der Waals surface area contributed by atoms with Crippen LogP contribution < -0.4 is 47.7 Å². The molecular formula is C63H88N12O17S. The molecule has 0 aliphatic carbocycles. The largest absolute Gasteiger partial charge is 0.504 e. The van der Waals surface area contributed by atoms with Crippen LogP contribution in [0, 0.1) is 5.92 Å². The Bertz CT molecular complexity index is 3170. The van der Waals surface area contributed by atoms with Crippen LogP contribution in [-0.2, 0) is 44.7 Å². The second kappa shape index (κ2) is 33.6. The number of nitrogens with two attached hydrogens (primary N) is 2. The van der Waals surface area contributed by atoms with E-state index >= 15 is 0 Å². The highest BCUT2D eigenvalue weighted by molar-refractivity contribution is 7.17. The Morgan fingerprint density at radius 2 is 1.38 bits per heavy atom. The molecule has 508 valence electrons. The number of piperidine rings is 1. The summed E-state index contributed by atoms with van der Waals surface area (Å²) < 4.78 is 16.9. The van der Waals surface area contributed by atoms with Gasteiger partial charge in [0.25, 0.3) is 5.91 Å². The third kappa shape index (κ3) is 18.5. The van der Waals surface area contributed by atoms with Crippen molar-refractivity contribution in [1.29, 1.82) is 0 Å². The summed E-state index contributed by atoms with van der Waals surface area (Å²) in [6.45, 7) is 4.59. The predicted molar refractivity (Wildman–Crippen MR) is 339 cm³/mol. The number of aliphatic hydroxyl groups excluding tert-OH is 6. The van der Waals surface area contributed by atoms with Gasteiger partial charge in [-0.05, 0) is 113 Å². The van der Waals surface area contributed by atoms with E-state index in [1.807, 2.05) is 12.1 Å². The molecule has 3 aromatic carbocycles. The molecule has 0 radical (unpaired) electrons. The highest BCUT2D eigenvalue weighted by atomic mass is 32.1. The third-order valence-corrected chi connectivity index (χ3v) is 18.1. The van der Waals surface area contributed by atoms with Gasteiger partial charge in [0.15, 0.2) is 11.5 Å². The Kier molecular flexibility index (Phi) is 25.8. The number of amides is 7. The van der Waals surface area contributed by atoms with Gasteiger partial charge in [0.2, 0.25) is 35.4 Å². The van der Waals surface area contributed by atoms with Crippen molar-refractivity contribution < 1.29 is 83.5 Å². The van der Waals surface area contributed by atoms with Crippen molar-refractivity contribution in [3.8, 4) is 32.6 Å². The minimum atomic E-state index is -2.04. The van der Waals surface area contributed by atoms with E-state index in [0.717, 1.165) is 80.0 Å². The van der Waals surface area contributed by atoms with Crippen LogP contribution in [0.15, 0.2) is 66.7 Å². The number of aromatic hydroxyl groups is 1. The van der Waals surface area contributed by atoms with Crippen molar-refractivity contribution in [3.05, 3.63) is 77.9 Å². The van der Waals surface area contributed by atoms with Gasteiger partial charge in [-0.2, -0.15) is 0 Å². The van der Waals surface area contributed by atoms with E-state index in [1.54, 1.807) is 19.2 Å². The van der Waals surface area contributed by atoms with Crippen LogP contribution in [0.2, 0.25) is 0 Å². The molecule has 4 aliphatic rings. The van der Waals surface area contributed by atoms with Gasteiger partial charge in [0.1, 0.15) is 46.3 Å². The maximum atomic E-state index is 14.7. The fourth-order valence-corrected chi connectivity index (χ4v) is 12.7. The topological polar surface area (TPSA) is 436 Å². The van der Waals surface area contributed by atoms with Gasteiger partial charge in [-0.3, -0.25) is 33.6 Å². The van der Waals surface area contributed by atoms with Crippen LogP contribution in [0.1, 0.15) is 81.1 Å². The number of aliphatic hydroxyl groups is 6. The van der Waals surface area contributed by atoms with E-state index in [-0.39, 0.29) is 61.4 Å². The van der Waals surface area contributed by atoms with Crippen molar-refractivity contribution >= 4 is 58.4 Å². The third-order valence-electron chi connectivity index (χ3n) is 17.1. The maximum Gasteiger partial charge on any atom is 0.251 e. The first-order valence-electron chi connectivity index (χ1n) is 31.5. The molecule has 5 heterocycles. The molecule has 8 rings (SSSR count). The van der Waals surface area contributed by atoms with Gasteiger partial charge in [-0.15, -0.1) is 10.2 Å². The molecule has 4 fully saturated rings. The molecule has 0 saturated carbocycles. The average Bonchev–Trinajstić information content (AvgIpc) is 1.71. The number of carbonyl (C=O) groups excluding carboxylic acids is 7. The first kappa shape index (κ1) is 71.4. The molecule has 0 bridgehead atoms. The second-order valence-corrected chi connectivity index (χ2v) is 25.1. The highest BCUT2D eigenvalue weighted by Gasteiger charge is 2.50. The lowest BCUT2D eigenvalue weighted by atomic mass is 9.98. The van der Waals surface area contributed by atoms with Crippen molar-refractivity contribution in [2.24, 2.45) is 17.4 Å². The first-order valence-corrected chi connectivity index (χ1v) is 32.3. The van der Waals surface area contributed by atoms with Gasteiger partial charge in [0.05, 0.1) is 49.3 Å². The number of anilines is 1. The number of phenolic OH excluding ortho intramolecular Hbond substituents is 1. The van der Waals surface area contributed by atoms with E-state index in [1.165, 1.54) is 48.6 Å². The van der Waals surface area contributed by atoms with Gasteiger partial charge in [-0.1, -0.05) is 36.5 Å². The van der Waals surface area contributed by atoms with Crippen LogP contribution in [0.3, 0.4) is 0 Å². The number of fused-ring (bicyclic) bond motifs is 2. The Labute approximate surface area is 542 Å². The number of hydrogen-bond donors (Lipinski definition) is 14. The highest BCUT2D eigenvalue weighted by Crippen LogP contribution is 2.33. The number of methoxy groups -OCH3 is 1. The van der Waals surface area contributed by atoms with Crippen molar-refractivity contribution in [1.82, 2.24) is 46.6 Å². The Morgan fingerprint density at radius 3 is 2.03 bits per heavy atom.